The van der Waals surface area contributed by atoms with Gasteiger partial charge >= 0.3 is 6.09 Å². The average molecular weight is 349 g/mol. The van der Waals surface area contributed by atoms with Gasteiger partial charge in [-0.25, -0.2) is 4.79 Å². The summed E-state index contributed by atoms with van der Waals surface area (Å²) in [5.41, 5.74) is 2.55. The van der Waals surface area contributed by atoms with E-state index in [1.54, 1.807) is 0 Å². The first-order chi connectivity index (χ1) is 11.7. The lowest BCUT2D eigenvalue weighted by Crippen LogP contribution is -2.40. The molecule has 5 heteroatoms. The Morgan fingerprint density at radius 2 is 1.84 bits per heavy atom. The molecule has 2 rings (SSSR count). The van der Waals surface area contributed by atoms with Crippen LogP contribution in [-0.4, -0.2) is 39.5 Å². The van der Waals surface area contributed by atoms with E-state index in [9.17, 15) is 15.0 Å². The van der Waals surface area contributed by atoms with E-state index in [-0.39, 0.29) is 18.8 Å². The van der Waals surface area contributed by atoms with Gasteiger partial charge in [-0.2, -0.15) is 0 Å². The van der Waals surface area contributed by atoms with Crippen LogP contribution in [0.3, 0.4) is 0 Å². The molecule has 0 aromatic heterocycles. The number of hydrogen-bond acceptors (Lipinski definition) is 4. The zero-order valence-electron chi connectivity index (χ0n) is 15.8. The lowest BCUT2D eigenvalue weighted by atomic mass is 9.90. The van der Waals surface area contributed by atoms with Crippen LogP contribution in [-0.2, 0) is 24.1 Å². The fourth-order valence-corrected chi connectivity index (χ4v) is 3.07. The highest BCUT2D eigenvalue weighted by molar-refractivity contribution is 5.68. The number of amides is 1. The molecular formula is C20H31NO4. The van der Waals surface area contributed by atoms with Gasteiger partial charge in [-0.3, -0.25) is 0 Å². The van der Waals surface area contributed by atoms with Crippen LogP contribution in [0.4, 0.5) is 4.79 Å². The van der Waals surface area contributed by atoms with Crippen molar-refractivity contribution in [1.82, 2.24) is 4.90 Å². The number of aliphatic hydroxyl groups is 1. The number of benzene rings is 1. The molecule has 1 aliphatic rings. The Balaban J connectivity index is 2.22. The molecule has 0 fully saturated rings. The van der Waals surface area contributed by atoms with Gasteiger partial charge in [0.25, 0.3) is 0 Å². The van der Waals surface area contributed by atoms with E-state index < -0.39 is 17.8 Å². The normalized spacial score (nSPS) is 15.4. The molecule has 0 aliphatic heterocycles. The summed E-state index contributed by atoms with van der Waals surface area (Å²) in [6.07, 6.45) is 3.76. The van der Waals surface area contributed by atoms with E-state index >= 15 is 0 Å². The van der Waals surface area contributed by atoms with Crippen LogP contribution in [0.1, 0.15) is 63.6 Å². The lowest BCUT2D eigenvalue weighted by Gasteiger charge is -2.29. The second kappa shape index (κ2) is 8.09. The molecule has 1 aliphatic carbocycles. The number of ether oxygens (including phenoxy) is 1. The van der Waals surface area contributed by atoms with Gasteiger partial charge in [-0.1, -0.05) is 13.0 Å². The Bertz CT molecular complexity index is 606. The predicted octanol–water partition coefficient (Wildman–Crippen LogP) is 3.78. The molecule has 140 valence electrons. The quantitative estimate of drug-likeness (QED) is 0.849. The van der Waals surface area contributed by atoms with E-state index in [2.05, 4.69) is 0 Å². The number of rotatable bonds is 5. The minimum absolute atomic E-state index is 0.182. The Hall–Kier alpha value is -1.75. The molecule has 25 heavy (non-hydrogen) atoms. The van der Waals surface area contributed by atoms with Crippen molar-refractivity contribution in [2.45, 2.75) is 78.0 Å². The Morgan fingerprint density at radius 3 is 2.40 bits per heavy atom. The highest BCUT2D eigenvalue weighted by Crippen LogP contribution is 2.29. The van der Waals surface area contributed by atoms with Gasteiger partial charge < -0.3 is 19.8 Å². The Kier molecular flexibility index (Phi) is 6.33. The van der Waals surface area contributed by atoms with Crippen LogP contribution in [0.15, 0.2) is 12.1 Å². The molecule has 2 N–H and O–H groups in total. The molecular weight excluding hydrogens is 318 g/mol. The van der Waals surface area contributed by atoms with E-state index in [0.29, 0.717) is 12.0 Å². The van der Waals surface area contributed by atoms with Crippen molar-refractivity contribution in [2.24, 2.45) is 0 Å². The van der Waals surface area contributed by atoms with Crippen molar-refractivity contribution in [3.63, 3.8) is 0 Å². The first kappa shape index (κ1) is 19.6. The average Bonchev–Trinajstić information content (AvgIpc) is 2.52. The van der Waals surface area contributed by atoms with Gasteiger partial charge in [0, 0.05) is 5.56 Å². The smallest absolute Gasteiger partial charge is 0.410 e. The molecule has 0 saturated carbocycles. The maximum absolute atomic E-state index is 12.5. The first-order valence-corrected chi connectivity index (χ1v) is 9.19. The standard InChI is InChI=1S/C20H31NO4/c1-5-17(22)13-21(19(24)25-20(2,3)4)12-16-10-14-8-6-7-9-15(14)11-18(16)23/h10-11,17,22-23H,5-9,12-13H2,1-4H3/t17-/m0/s1. The minimum Gasteiger partial charge on any atom is -0.508 e. The second-order valence-corrected chi connectivity index (χ2v) is 7.88. The van der Waals surface area contributed by atoms with Crippen molar-refractivity contribution in [1.29, 1.82) is 0 Å². The summed E-state index contributed by atoms with van der Waals surface area (Å²) in [5.74, 6) is 0.209. The number of carbonyl (C=O) groups is 1. The monoisotopic (exact) mass is 349 g/mol. The fourth-order valence-electron chi connectivity index (χ4n) is 3.07. The number of fused-ring (bicyclic) bond motifs is 1. The van der Waals surface area contributed by atoms with Crippen molar-refractivity contribution in [3.8, 4) is 5.75 Å². The van der Waals surface area contributed by atoms with Crippen molar-refractivity contribution >= 4 is 6.09 Å². The second-order valence-electron chi connectivity index (χ2n) is 7.88. The van der Waals surface area contributed by atoms with Gasteiger partial charge in [0.05, 0.1) is 19.2 Å². The summed E-state index contributed by atoms with van der Waals surface area (Å²) >= 11 is 0. The minimum atomic E-state index is -0.618. The van der Waals surface area contributed by atoms with E-state index in [1.807, 2.05) is 39.8 Å². The molecule has 1 aromatic rings. The molecule has 1 atom stereocenters. The number of carbonyl (C=O) groups excluding carboxylic acids is 1. The maximum Gasteiger partial charge on any atom is 0.410 e. The number of aryl methyl sites for hydroxylation is 2. The maximum atomic E-state index is 12.5. The zero-order valence-corrected chi connectivity index (χ0v) is 15.8. The van der Waals surface area contributed by atoms with Crippen molar-refractivity contribution in [3.05, 3.63) is 28.8 Å². The summed E-state index contributed by atoms with van der Waals surface area (Å²) in [4.78, 5) is 14.0. The van der Waals surface area contributed by atoms with Crippen molar-refractivity contribution < 1.29 is 19.7 Å². The molecule has 1 aromatic carbocycles. The van der Waals surface area contributed by atoms with Crippen LogP contribution in [0.2, 0.25) is 0 Å². The van der Waals surface area contributed by atoms with Gasteiger partial charge in [0.15, 0.2) is 0 Å². The zero-order chi connectivity index (χ0) is 18.6. The molecule has 0 unspecified atom stereocenters. The number of aromatic hydroxyl groups is 1. The molecule has 5 nitrogen and oxygen atoms in total. The number of phenols is 1. The highest BCUT2D eigenvalue weighted by atomic mass is 16.6. The third-order valence-electron chi connectivity index (χ3n) is 4.46. The van der Waals surface area contributed by atoms with E-state index in [0.717, 1.165) is 25.7 Å². The summed E-state index contributed by atoms with van der Waals surface area (Å²) in [6, 6.07) is 3.83. The molecule has 0 heterocycles. The van der Waals surface area contributed by atoms with E-state index in [1.165, 1.54) is 16.0 Å². The van der Waals surface area contributed by atoms with E-state index in [4.69, 9.17) is 4.74 Å². The molecule has 0 bridgehead atoms. The number of nitrogens with zero attached hydrogens (tertiary/aromatic N) is 1. The third-order valence-corrected chi connectivity index (χ3v) is 4.46. The van der Waals surface area contributed by atoms with Crippen LogP contribution in [0, 0.1) is 0 Å². The largest absolute Gasteiger partial charge is 0.508 e. The summed E-state index contributed by atoms with van der Waals surface area (Å²) in [7, 11) is 0. The fraction of sp³-hybridized carbons (Fsp3) is 0.650. The Labute approximate surface area is 150 Å². The molecule has 1 amide bonds. The highest BCUT2D eigenvalue weighted by Gasteiger charge is 2.25. The summed E-state index contributed by atoms with van der Waals surface area (Å²) in [5, 5.41) is 20.4. The SMILES string of the molecule is CC[C@H](O)CN(Cc1cc2c(cc1O)CCCC2)C(=O)OC(C)(C)C. The molecule has 0 spiro atoms. The number of hydrogen-bond donors (Lipinski definition) is 2. The topological polar surface area (TPSA) is 70.0 Å². The van der Waals surface area contributed by atoms with Gasteiger partial charge in [-0.05, 0) is 70.1 Å². The first-order valence-electron chi connectivity index (χ1n) is 9.19. The third kappa shape index (κ3) is 5.63. The van der Waals surface area contributed by atoms with Crippen LogP contribution in [0.5, 0.6) is 5.75 Å². The summed E-state index contributed by atoms with van der Waals surface area (Å²) < 4.78 is 5.46. The molecule has 0 radical (unpaired) electrons. The van der Waals surface area contributed by atoms with Crippen LogP contribution in [0.25, 0.3) is 0 Å². The lowest BCUT2D eigenvalue weighted by molar-refractivity contribution is 0.0122. The van der Waals surface area contributed by atoms with Gasteiger partial charge in [-0.15, -0.1) is 0 Å². The summed E-state index contributed by atoms with van der Waals surface area (Å²) in [6.45, 7) is 7.72. The molecule has 0 saturated heterocycles. The number of aliphatic hydroxyl groups excluding tert-OH is 1. The Morgan fingerprint density at radius 1 is 1.24 bits per heavy atom. The van der Waals surface area contributed by atoms with Crippen LogP contribution >= 0.6 is 0 Å². The van der Waals surface area contributed by atoms with Gasteiger partial charge in [0.2, 0.25) is 0 Å². The van der Waals surface area contributed by atoms with Crippen molar-refractivity contribution in [2.75, 3.05) is 6.54 Å². The predicted molar refractivity (Wildman–Crippen MR) is 97.7 cm³/mol. The van der Waals surface area contributed by atoms with Crippen LogP contribution < -0.4 is 0 Å². The van der Waals surface area contributed by atoms with Gasteiger partial charge in [0.1, 0.15) is 11.4 Å². The number of phenolic OH excluding ortho intramolecular Hbond substituents is 1.